The normalized spacial score (nSPS) is 10.5. The van der Waals surface area contributed by atoms with Crippen LogP contribution in [0.1, 0.15) is 18.1 Å². The second kappa shape index (κ2) is 6.34. The van der Waals surface area contributed by atoms with Gasteiger partial charge in [-0.15, -0.1) is 0 Å². The van der Waals surface area contributed by atoms with Crippen LogP contribution in [0.15, 0.2) is 42.5 Å². The summed E-state index contributed by atoms with van der Waals surface area (Å²) < 4.78 is 19.5. The molecule has 0 radical (unpaired) electrons. The van der Waals surface area contributed by atoms with Crippen molar-refractivity contribution in [3.8, 4) is 11.5 Å². The van der Waals surface area contributed by atoms with Crippen molar-refractivity contribution in [2.24, 2.45) is 0 Å². The zero-order valence-electron chi connectivity index (χ0n) is 11.2. The van der Waals surface area contributed by atoms with Gasteiger partial charge in [0.2, 0.25) is 0 Å². The van der Waals surface area contributed by atoms with E-state index < -0.39 is 0 Å². The van der Waals surface area contributed by atoms with Gasteiger partial charge in [0, 0.05) is 12.1 Å². The molecule has 1 N–H and O–H groups in total. The topological polar surface area (TPSA) is 21.3 Å². The SMILES string of the molecule is CCc1ccc(Oc2c(F)cccc2CNC)cc1. The molecule has 0 spiro atoms. The van der Waals surface area contributed by atoms with Crippen molar-refractivity contribution in [1.29, 1.82) is 0 Å². The molecule has 0 saturated heterocycles. The molecule has 0 heterocycles. The van der Waals surface area contributed by atoms with Gasteiger partial charge >= 0.3 is 0 Å². The molecule has 0 atom stereocenters. The van der Waals surface area contributed by atoms with Crippen LogP contribution >= 0.6 is 0 Å². The van der Waals surface area contributed by atoms with Crippen molar-refractivity contribution < 1.29 is 9.13 Å². The zero-order valence-corrected chi connectivity index (χ0v) is 11.2. The van der Waals surface area contributed by atoms with Crippen molar-refractivity contribution >= 4 is 0 Å². The van der Waals surface area contributed by atoms with E-state index in [-0.39, 0.29) is 5.82 Å². The van der Waals surface area contributed by atoms with Gasteiger partial charge in [0.05, 0.1) is 0 Å². The third kappa shape index (κ3) is 3.32. The first-order valence-electron chi connectivity index (χ1n) is 6.43. The minimum Gasteiger partial charge on any atom is -0.454 e. The van der Waals surface area contributed by atoms with E-state index in [0.29, 0.717) is 18.0 Å². The van der Waals surface area contributed by atoms with Gasteiger partial charge in [0.25, 0.3) is 0 Å². The Balaban J connectivity index is 2.26. The number of para-hydroxylation sites is 1. The predicted octanol–water partition coefficient (Wildman–Crippen LogP) is 3.90. The molecule has 0 aliphatic rings. The van der Waals surface area contributed by atoms with Crippen LogP contribution in [0.4, 0.5) is 4.39 Å². The summed E-state index contributed by atoms with van der Waals surface area (Å²) in [5.41, 5.74) is 2.04. The van der Waals surface area contributed by atoms with Gasteiger partial charge in [-0.2, -0.15) is 0 Å². The fourth-order valence-electron chi connectivity index (χ4n) is 1.91. The molecular weight excluding hydrogens is 241 g/mol. The van der Waals surface area contributed by atoms with Crippen molar-refractivity contribution in [3.05, 3.63) is 59.4 Å². The van der Waals surface area contributed by atoms with Gasteiger partial charge < -0.3 is 10.1 Å². The van der Waals surface area contributed by atoms with Crippen molar-refractivity contribution in [2.45, 2.75) is 19.9 Å². The first kappa shape index (κ1) is 13.6. The van der Waals surface area contributed by atoms with Crippen LogP contribution in [0.3, 0.4) is 0 Å². The Bertz CT molecular complexity index is 537. The second-order valence-corrected chi connectivity index (χ2v) is 4.36. The predicted molar refractivity (Wildman–Crippen MR) is 75.1 cm³/mol. The number of ether oxygens (including phenoxy) is 1. The van der Waals surface area contributed by atoms with E-state index in [9.17, 15) is 4.39 Å². The fourth-order valence-corrected chi connectivity index (χ4v) is 1.91. The molecule has 0 aromatic heterocycles. The lowest BCUT2D eigenvalue weighted by atomic mass is 10.1. The zero-order chi connectivity index (χ0) is 13.7. The van der Waals surface area contributed by atoms with E-state index in [4.69, 9.17) is 4.74 Å². The first-order valence-corrected chi connectivity index (χ1v) is 6.43. The van der Waals surface area contributed by atoms with Gasteiger partial charge in [-0.3, -0.25) is 0 Å². The van der Waals surface area contributed by atoms with Crippen LogP contribution in [0.2, 0.25) is 0 Å². The van der Waals surface area contributed by atoms with Crippen LogP contribution in [0, 0.1) is 5.82 Å². The molecule has 19 heavy (non-hydrogen) atoms. The number of halogens is 1. The highest BCUT2D eigenvalue weighted by molar-refractivity contribution is 5.39. The number of hydrogen-bond donors (Lipinski definition) is 1. The Hall–Kier alpha value is -1.87. The lowest BCUT2D eigenvalue weighted by Crippen LogP contribution is -2.07. The van der Waals surface area contributed by atoms with Crippen molar-refractivity contribution in [3.63, 3.8) is 0 Å². The van der Waals surface area contributed by atoms with Crippen LogP contribution in [-0.4, -0.2) is 7.05 Å². The van der Waals surface area contributed by atoms with E-state index in [0.717, 1.165) is 12.0 Å². The third-order valence-electron chi connectivity index (χ3n) is 2.97. The minimum atomic E-state index is -0.340. The van der Waals surface area contributed by atoms with E-state index in [2.05, 4.69) is 12.2 Å². The van der Waals surface area contributed by atoms with Gasteiger partial charge in [0.1, 0.15) is 5.75 Å². The van der Waals surface area contributed by atoms with Gasteiger partial charge in [-0.25, -0.2) is 4.39 Å². The van der Waals surface area contributed by atoms with E-state index >= 15 is 0 Å². The molecule has 0 aliphatic heterocycles. The summed E-state index contributed by atoms with van der Waals surface area (Å²) in [6.07, 6.45) is 0.977. The smallest absolute Gasteiger partial charge is 0.167 e. The molecule has 0 amide bonds. The Kier molecular flexibility index (Phi) is 4.53. The average Bonchev–Trinajstić information content (AvgIpc) is 2.44. The monoisotopic (exact) mass is 259 g/mol. The molecular formula is C16H18FNO. The molecule has 100 valence electrons. The Morgan fingerprint density at radius 3 is 2.47 bits per heavy atom. The molecule has 0 unspecified atom stereocenters. The highest BCUT2D eigenvalue weighted by Gasteiger charge is 2.10. The Morgan fingerprint density at radius 2 is 1.84 bits per heavy atom. The maximum Gasteiger partial charge on any atom is 0.167 e. The van der Waals surface area contributed by atoms with Crippen LogP contribution in [0.5, 0.6) is 11.5 Å². The number of aryl methyl sites for hydroxylation is 1. The lowest BCUT2D eigenvalue weighted by molar-refractivity contribution is 0.434. The number of hydrogen-bond acceptors (Lipinski definition) is 2. The quantitative estimate of drug-likeness (QED) is 0.879. The number of rotatable bonds is 5. The first-order chi connectivity index (χ1) is 9.24. The maximum atomic E-state index is 13.9. The van der Waals surface area contributed by atoms with Crippen LogP contribution < -0.4 is 10.1 Å². The second-order valence-electron chi connectivity index (χ2n) is 4.36. The Labute approximate surface area is 113 Å². The third-order valence-corrected chi connectivity index (χ3v) is 2.97. The van der Waals surface area contributed by atoms with Gasteiger partial charge in [-0.1, -0.05) is 31.2 Å². The van der Waals surface area contributed by atoms with E-state index in [1.165, 1.54) is 11.6 Å². The summed E-state index contributed by atoms with van der Waals surface area (Å²) in [7, 11) is 1.82. The number of nitrogens with one attached hydrogen (secondary N) is 1. The molecule has 2 rings (SSSR count). The molecule has 0 aliphatic carbocycles. The summed E-state index contributed by atoms with van der Waals surface area (Å²) in [5.74, 6) is 0.605. The highest BCUT2D eigenvalue weighted by Crippen LogP contribution is 2.28. The Morgan fingerprint density at radius 1 is 1.11 bits per heavy atom. The average molecular weight is 259 g/mol. The minimum absolute atomic E-state index is 0.293. The highest BCUT2D eigenvalue weighted by atomic mass is 19.1. The van der Waals surface area contributed by atoms with E-state index in [1.807, 2.05) is 37.4 Å². The summed E-state index contributed by atoms with van der Waals surface area (Å²) >= 11 is 0. The molecule has 0 fully saturated rings. The molecule has 2 aromatic carbocycles. The summed E-state index contributed by atoms with van der Waals surface area (Å²) in [5, 5.41) is 3.01. The lowest BCUT2D eigenvalue weighted by Gasteiger charge is -2.12. The summed E-state index contributed by atoms with van der Waals surface area (Å²) in [6, 6.07) is 12.7. The molecule has 2 aromatic rings. The standard InChI is InChI=1S/C16H18FNO/c1-3-12-7-9-14(10-8-12)19-16-13(11-18-2)5-4-6-15(16)17/h4-10,18H,3,11H2,1-2H3. The largest absolute Gasteiger partial charge is 0.454 e. The maximum absolute atomic E-state index is 13.9. The molecule has 2 nitrogen and oxygen atoms in total. The van der Waals surface area contributed by atoms with Crippen molar-refractivity contribution in [1.82, 2.24) is 5.32 Å². The molecule has 0 saturated carbocycles. The fraction of sp³-hybridized carbons (Fsp3) is 0.250. The van der Waals surface area contributed by atoms with Gasteiger partial charge in [0.15, 0.2) is 11.6 Å². The molecule has 0 bridgehead atoms. The summed E-state index contributed by atoms with van der Waals surface area (Å²) in [4.78, 5) is 0. The van der Waals surface area contributed by atoms with Crippen molar-refractivity contribution in [2.75, 3.05) is 7.05 Å². The van der Waals surface area contributed by atoms with Crippen LogP contribution in [-0.2, 0) is 13.0 Å². The summed E-state index contributed by atoms with van der Waals surface area (Å²) in [6.45, 7) is 2.66. The molecule has 3 heteroatoms. The van der Waals surface area contributed by atoms with E-state index in [1.54, 1.807) is 6.07 Å². The van der Waals surface area contributed by atoms with Gasteiger partial charge in [-0.05, 0) is 37.2 Å². The number of benzene rings is 2. The van der Waals surface area contributed by atoms with Crippen LogP contribution in [0.25, 0.3) is 0 Å².